The van der Waals surface area contributed by atoms with E-state index < -0.39 is 0 Å². The Morgan fingerprint density at radius 3 is 2.53 bits per heavy atom. The topological polar surface area (TPSA) is 32.3 Å². The van der Waals surface area contributed by atoms with E-state index in [0.717, 1.165) is 13.0 Å². The van der Waals surface area contributed by atoms with Crippen LogP contribution < -0.4 is 5.32 Å². The molecule has 0 aromatic rings. The summed E-state index contributed by atoms with van der Waals surface area (Å²) in [5.74, 6) is 0.302. The summed E-state index contributed by atoms with van der Waals surface area (Å²) in [4.78, 5) is 14.5. The molecule has 0 unspecified atom stereocenters. The van der Waals surface area contributed by atoms with E-state index in [4.69, 9.17) is 0 Å². The number of nitrogens with zero attached hydrogens (tertiary/aromatic N) is 1. The predicted molar refractivity (Wildman–Crippen MR) is 69.8 cm³/mol. The number of hydrogen-bond donors (Lipinski definition) is 1. The van der Waals surface area contributed by atoms with Crippen LogP contribution in [0.2, 0.25) is 0 Å². The van der Waals surface area contributed by atoms with Crippen molar-refractivity contribution in [3.05, 3.63) is 12.7 Å². The van der Waals surface area contributed by atoms with Crippen molar-refractivity contribution in [3.8, 4) is 0 Å². The van der Waals surface area contributed by atoms with Crippen molar-refractivity contribution in [1.29, 1.82) is 0 Å². The van der Waals surface area contributed by atoms with Gasteiger partial charge in [0.05, 0.1) is 6.04 Å². The lowest BCUT2D eigenvalue weighted by atomic mass is 10.0. The van der Waals surface area contributed by atoms with Crippen molar-refractivity contribution < 1.29 is 4.79 Å². The SMILES string of the molecule is C=CCN(C(=O)[C@H]1CCCCN1)C1CCCC1. The van der Waals surface area contributed by atoms with Gasteiger partial charge in [-0.1, -0.05) is 25.3 Å². The van der Waals surface area contributed by atoms with Gasteiger partial charge in [0.15, 0.2) is 0 Å². The number of carbonyl (C=O) groups excluding carboxylic acids is 1. The van der Waals surface area contributed by atoms with Crippen molar-refractivity contribution >= 4 is 5.91 Å². The van der Waals surface area contributed by atoms with Crippen LogP contribution in [0.3, 0.4) is 0 Å². The molecule has 0 radical (unpaired) electrons. The van der Waals surface area contributed by atoms with Gasteiger partial charge < -0.3 is 10.2 Å². The Balaban J connectivity index is 1.97. The van der Waals surface area contributed by atoms with Gasteiger partial charge in [0.2, 0.25) is 5.91 Å². The summed E-state index contributed by atoms with van der Waals surface area (Å²) >= 11 is 0. The van der Waals surface area contributed by atoms with Crippen LogP contribution in [-0.4, -0.2) is 36.0 Å². The normalized spacial score (nSPS) is 25.8. The first kappa shape index (κ1) is 12.6. The lowest BCUT2D eigenvalue weighted by molar-refractivity contribution is -0.135. The molecule has 1 heterocycles. The van der Waals surface area contributed by atoms with Crippen molar-refractivity contribution in [2.45, 2.75) is 57.0 Å². The second-order valence-corrected chi connectivity index (χ2v) is 5.22. The summed E-state index contributed by atoms with van der Waals surface area (Å²) in [5, 5.41) is 3.36. The molecule has 2 aliphatic rings. The van der Waals surface area contributed by atoms with Crippen LogP contribution in [0.4, 0.5) is 0 Å². The second-order valence-electron chi connectivity index (χ2n) is 5.22. The first-order valence-corrected chi connectivity index (χ1v) is 6.97. The molecular formula is C14H24N2O. The molecule has 0 spiro atoms. The minimum Gasteiger partial charge on any atom is -0.335 e. The molecule has 1 aliphatic carbocycles. The van der Waals surface area contributed by atoms with Crippen molar-refractivity contribution in [2.24, 2.45) is 0 Å². The molecule has 3 heteroatoms. The molecular weight excluding hydrogens is 212 g/mol. The summed E-state index contributed by atoms with van der Waals surface area (Å²) in [6, 6.07) is 0.522. The van der Waals surface area contributed by atoms with Gasteiger partial charge in [-0.05, 0) is 32.2 Å². The molecule has 3 nitrogen and oxygen atoms in total. The van der Waals surface area contributed by atoms with Gasteiger partial charge in [0.25, 0.3) is 0 Å². The smallest absolute Gasteiger partial charge is 0.240 e. The highest BCUT2D eigenvalue weighted by molar-refractivity contribution is 5.82. The Morgan fingerprint density at radius 1 is 1.24 bits per heavy atom. The van der Waals surface area contributed by atoms with E-state index in [1.54, 1.807) is 0 Å². The first-order chi connectivity index (χ1) is 8.33. The van der Waals surface area contributed by atoms with Gasteiger partial charge in [-0.3, -0.25) is 4.79 Å². The van der Waals surface area contributed by atoms with Crippen molar-refractivity contribution in [3.63, 3.8) is 0 Å². The fourth-order valence-corrected chi connectivity index (χ4v) is 3.04. The largest absolute Gasteiger partial charge is 0.335 e. The zero-order valence-corrected chi connectivity index (χ0v) is 10.7. The van der Waals surface area contributed by atoms with E-state index in [-0.39, 0.29) is 6.04 Å². The number of rotatable bonds is 4. The third kappa shape index (κ3) is 3.09. The molecule has 1 amide bonds. The van der Waals surface area contributed by atoms with E-state index in [1.165, 1.54) is 38.5 Å². The Bertz CT molecular complexity index is 265. The third-order valence-corrected chi connectivity index (χ3v) is 3.98. The average molecular weight is 236 g/mol. The molecule has 1 saturated carbocycles. The number of piperidine rings is 1. The maximum atomic E-state index is 12.5. The third-order valence-electron chi connectivity index (χ3n) is 3.98. The fraction of sp³-hybridized carbons (Fsp3) is 0.786. The van der Waals surface area contributed by atoms with Gasteiger partial charge in [0.1, 0.15) is 0 Å². The summed E-state index contributed by atoms with van der Waals surface area (Å²) in [6.45, 7) is 5.48. The van der Waals surface area contributed by atoms with E-state index in [9.17, 15) is 4.79 Å². The summed E-state index contributed by atoms with van der Waals surface area (Å²) in [7, 11) is 0. The average Bonchev–Trinajstić information content (AvgIpc) is 2.90. The van der Waals surface area contributed by atoms with Crippen LogP contribution in [0.25, 0.3) is 0 Å². The highest BCUT2D eigenvalue weighted by Gasteiger charge is 2.30. The highest BCUT2D eigenvalue weighted by atomic mass is 16.2. The summed E-state index contributed by atoms with van der Waals surface area (Å²) < 4.78 is 0. The molecule has 0 bridgehead atoms. The minimum atomic E-state index is 0.0595. The number of carbonyl (C=O) groups is 1. The number of amides is 1. The molecule has 0 aromatic carbocycles. The van der Waals surface area contributed by atoms with Gasteiger partial charge in [-0.2, -0.15) is 0 Å². The number of nitrogens with one attached hydrogen (secondary N) is 1. The van der Waals surface area contributed by atoms with Crippen LogP contribution in [0, 0.1) is 0 Å². The zero-order valence-electron chi connectivity index (χ0n) is 10.7. The Labute approximate surface area is 104 Å². The maximum Gasteiger partial charge on any atom is 0.240 e. The van der Waals surface area contributed by atoms with Crippen LogP contribution in [0.1, 0.15) is 44.9 Å². The molecule has 1 atom stereocenters. The van der Waals surface area contributed by atoms with Crippen LogP contribution >= 0.6 is 0 Å². The fourth-order valence-electron chi connectivity index (χ4n) is 3.04. The van der Waals surface area contributed by atoms with Gasteiger partial charge in [-0.25, -0.2) is 0 Å². The molecule has 1 aliphatic heterocycles. The maximum absolute atomic E-state index is 12.5. The Hall–Kier alpha value is -0.830. The summed E-state index contributed by atoms with van der Waals surface area (Å²) in [6.07, 6.45) is 10.1. The molecule has 1 saturated heterocycles. The van der Waals surface area contributed by atoms with Crippen LogP contribution in [-0.2, 0) is 4.79 Å². The molecule has 17 heavy (non-hydrogen) atoms. The van der Waals surface area contributed by atoms with Crippen LogP contribution in [0.5, 0.6) is 0 Å². The first-order valence-electron chi connectivity index (χ1n) is 6.97. The van der Waals surface area contributed by atoms with E-state index in [2.05, 4.69) is 16.8 Å². The lowest BCUT2D eigenvalue weighted by Crippen LogP contribution is -2.51. The highest BCUT2D eigenvalue weighted by Crippen LogP contribution is 2.24. The molecule has 0 aromatic heterocycles. The lowest BCUT2D eigenvalue weighted by Gasteiger charge is -2.33. The molecule has 2 rings (SSSR count). The Kier molecular flexibility index (Phi) is 4.60. The molecule has 96 valence electrons. The molecule has 1 N–H and O–H groups in total. The van der Waals surface area contributed by atoms with E-state index in [1.807, 2.05) is 6.08 Å². The Morgan fingerprint density at radius 2 is 1.94 bits per heavy atom. The van der Waals surface area contributed by atoms with E-state index >= 15 is 0 Å². The monoisotopic (exact) mass is 236 g/mol. The van der Waals surface area contributed by atoms with Crippen molar-refractivity contribution in [2.75, 3.05) is 13.1 Å². The van der Waals surface area contributed by atoms with E-state index in [0.29, 0.717) is 18.5 Å². The quantitative estimate of drug-likeness (QED) is 0.758. The second kappa shape index (κ2) is 6.20. The van der Waals surface area contributed by atoms with Crippen LogP contribution in [0.15, 0.2) is 12.7 Å². The van der Waals surface area contributed by atoms with Crippen molar-refractivity contribution in [1.82, 2.24) is 10.2 Å². The predicted octanol–water partition coefficient (Wildman–Crippen LogP) is 2.09. The standard InChI is InChI=1S/C14H24N2O/c1-2-11-16(12-7-3-4-8-12)14(17)13-9-5-6-10-15-13/h2,12-13,15H,1,3-11H2/t13-/m1/s1. The van der Waals surface area contributed by atoms with Gasteiger partial charge >= 0.3 is 0 Å². The minimum absolute atomic E-state index is 0.0595. The van der Waals surface area contributed by atoms with Gasteiger partial charge in [0, 0.05) is 12.6 Å². The zero-order chi connectivity index (χ0) is 12.1. The molecule has 2 fully saturated rings. The summed E-state index contributed by atoms with van der Waals surface area (Å²) in [5.41, 5.74) is 0. The van der Waals surface area contributed by atoms with Gasteiger partial charge in [-0.15, -0.1) is 6.58 Å². The number of hydrogen-bond acceptors (Lipinski definition) is 2.